The van der Waals surface area contributed by atoms with E-state index in [1.54, 1.807) is 17.4 Å². The van der Waals surface area contributed by atoms with Crippen molar-refractivity contribution in [2.75, 3.05) is 13.1 Å². The van der Waals surface area contributed by atoms with Gasteiger partial charge in [-0.25, -0.2) is 13.2 Å². The highest BCUT2D eigenvalue weighted by Crippen LogP contribution is 2.27. The van der Waals surface area contributed by atoms with Crippen LogP contribution in [-0.2, 0) is 27.9 Å². The van der Waals surface area contributed by atoms with Gasteiger partial charge in [0.05, 0.1) is 17.0 Å². The Balaban J connectivity index is 1.37. The fourth-order valence-corrected chi connectivity index (χ4v) is 6.21. The van der Waals surface area contributed by atoms with Crippen molar-refractivity contribution in [3.63, 3.8) is 0 Å². The molecule has 1 amide bonds. The van der Waals surface area contributed by atoms with Crippen LogP contribution in [0.4, 0.5) is 0 Å². The van der Waals surface area contributed by atoms with Crippen molar-refractivity contribution in [1.29, 1.82) is 0 Å². The highest BCUT2D eigenvalue weighted by molar-refractivity contribution is 7.89. The molecule has 172 valence electrons. The second-order valence-corrected chi connectivity index (χ2v) is 11.0. The highest BCUT2D eigenvalue weighted by Gasteiger charge is 2.30. The van der Waals surface area contributed by atoms with Crippen molar-refractivity contribution in [2.24, 2.45) is 5.92 Å². The summed E-state index contributed by atoms with van der Waals surface area (Å²) >= 11 is 1.60. The standard InChI is InChI=1S/C22H27N3O5S2/c1-2-9-25-19-6-5-18(14-20(19)30-22(25)27)32(28,29)24-10-7-16(8-11-24)13-21(26)23-15-17-4-3-12-31-17/h3-6,12,14,16H,2,7-11,13,15H2,1H3,(H,23,26). The molecule has 3 aromatic rings. The number of aryl methyl sites for hydroxylation is 1. The van der Waals surface area contributed by atoms with Crippen LogP contribution in [0, 0.1) is 5.92 Å². The number of aromatic nitrogens is 1. The number of amides is 1. The molecular weight excluding hydrogens is 450 g/mol. The first-order valence-electron chi connectivity index (χ1n) is 10.8. The van der Waals surface area contributed by atoms with Crippen molar-refractivity contribution >= 4 is 38.4 Å². The molecule has 0 aliphatic carbocycles. The van der Waals surface area contributed by atoms with Gasteiger partial charge >= 0.3 is 5.76 Å². The maximum atomic E-state index is 13.1. The molecule has 1 aliphatic rings. The molecule has 3 heterocycles. The van der Waals surface area contributed by atoms with Crippen LogP contribution in [0.3, 0.4) is 0 Å². The Morgan fingerprint density at radius 3 is 2.72 bits per heavy atom. The number of oxazole rings is 1. The van der Waals surface area contributed by atoms with Gasteiger partial charge in [-0.2, -0.15) is 4.31 Å². The van der Waals surface area contributed by atoms with Gasteiger partial charge in [0, 0.05) is 37.0 Å². The molecule has 0 bridgehead atoms. The molecule has 1 aromatic carbocycles. The van der Waals surface area contributed by atoms with Gasteiger partial charge in [-0.3, -0.25) is 9.36 Å². The minimum absolute atomic E-state index is 0.00298. The summed E-state index contributed by atoms with van der Waals surface area (Å²) < 4.78 is 34.5. The minimum Gasteiger partial charge on any atom is -0.408 e. The van der Waals surface area contributed by atoms with Crippen molar-refractivity contribution in [3.05, 3.63) is 51.1 Å². The zero-order chi connectivity index (χ0) is 22.7. The summed E-state index contributed by atoms with van der Waals surface area (Å²) in [7, 11) is -3.70. The second-order valence-electron chi connectivity index (χ2n) is 8.06. The van der Waals surface area contributed by atoms with Crippen molar-refractivity contribution in [3.8, 4) is 0 Å². The minimum atomic E-state index is -3.70. The number of rotatable bonds is 8. The molecule has 2 aromatic heterocycles. The van der Waals surface area contributed by atoms with E-state index in [1.807, 2.05) is 24.4 Å². The third-order valence-electron chi connectivity index (χ3n) is 5.81. The monoisotopic (exact) mass is 477 g/mol. The molecule has 1 saturated heterocycles. The summed E-state index contributed by atoms with van der Waals surface area (Å²) in [5.41, 5.74) is 0.880. The van der Waals surface area contributed by atoms with E-state index in [-0.39, 0.29) is 22.3 Å². The largest absolute Gasteiger partial charge is 0.419 e. The number of nitrogens with zero attached hydrogens (tertiary/aromatic N) is 2. The van der Waals surface area contributed by atoms with Crippen LogP contribution >= 0.6 is 11.3 Å². The lowest BCUT2D eigenvalue weighted by atomic mass is 9.94. The molecule has 1 fully saturated rings. The maximum absolute atomic E-state index is 13.1. The second kappa shape index (κ2) is 9.60. The normalized spacial score (nSPS) is 15.9. The molecular formula is C22H27N3O5S2. The van der Waals surface area contributed by atoms with Gasteiger partial charge in [-0.05, 0) is 48.8 Å². The Kier molecular flexibility index (Phi) is 6.82. The Bertz CT molecular complexity index is 1240. The predicted molar refractivity (Wildman–Crippen MR) is 123 cm³/mol. The average Bonchev–Trinajstić information content (AvgIpc) is 3.40. The van der Waals surface area contributed by atoms with E-state index in [1.165, 1.54) is 21.0 Å². The first-order chi connectivity index (χ1) is 15.4. The molecule has 10 heteroatoms. The van der Waals surface area contributed by atoms with Gasteiger partial charge < -0.3 is 9.73 Å². The van der Waals surface area contributed by atoms with Gasteiger partial charge in [-0.1, -0.05) is 13.0 Å². The molecule has 8 nitrogen and oxygen atoms in total. The lowest BCUT2D eigenvalue weighted by Gasteiger charge is -2.31. The van der Waals surface area contributed by atoms with Crippen LogP contribution < -0.4 is 11.1 Å². The summed E-state index contributed by atoms with van der Waals surface area (Å²) in [5, 5.41) is 4.91. The van der Waals surface area contributed by atoms with Crippen LogP contribution in [0.5, 0.6) is 0 Å². The van der Waals surface area contributed by atoms with Crippen LogP contribution in [0.25, 0.3) is 11.1 Å². The first kappa shape index (κ1) is 22.8. The molecule has 0 atom stereocenters. The number of carbonyl (C=O) groups is 1. The number of hydrogen-bond donors (Lipinski definition) is 1. The lowest BCUT2D eigenvalue weighted by Crippen LogP contribution is -2.39. The molecule has 0 radical (unpaired) electrons. The molecule has 1 aliphatic heterocycles. The molecule has 4 rings (SSSR count). The van der Waals surface area contributed by atoms with E-state index in [2.05, 4.69) is 5.32 Å². The van der Waals surface area contributed by atoms with Gasteiger partial charge in [0.1, 0.15) is 0 Å². The summed E-state index contributed by atoms with van der Waals surface area (Å²) in [6.07, 6.45) is 2.45. The number of benzene rings is 1. The van der Waals surface area contributed by atoms with E-state index < -0.39 is 15.8 Å². The van der Waals surface area contributed by atoms with Crippen LogP contribution in [0.1, 0.15) is 37.5 Å². The number of nitrogens with one attached hydrogen (secondary N) is 1. The van der Waals surface area contributed by atoms with Gasteiger partial charge in [0.15, 0.2) is 5.58 Å². The molecule has 0 unspecified atom stereocenters. The molecule has 1 N–H and O–H groups in total. The SMILES string of the molecule is CCCn1c(=O)oc2cc(S(=O)(=O)N3CCC(CC(=O)NCc4cccs4)CC3)ccc21. The van der Waals surface area contributed by atoms with Crippen molar-refractivity contribution in [2.45, 2.75) is 50.6 Å². The third-order valence-corrected chi connectivity index (χ3v) is 8.58. The maximum Gasteiger partial charge on any atom is 0.419 e. The fraction of sp³-hybridized carbons (Fsp3) is 0.455. The van der Waals surface area contributed by atoms with Crippen molar-refractivity contribution in [1.82, 2.24) is 14.2 Å². The number of hydrogen-bond acceptors (Lipinski definition) is 6. The Morgan fingerprint density at radius 1 is 1.25 bits per heavy atom. The van der Waals surface area contributed by atoms with Crippen LogP contribution in [-0.4, -0.2) is 36.3 Å². The van der Waals surface area contributed by atoms with Gasteiger partial charge in [0.25, 0.3) is 0 Å². The number of carbonyl (C=O) groups excluding carboxylic acids is 1. The topological polar surface area (TPSA) is 102 Å². The van der Waals surface area contributed by atoms with E-state index in [4.69, 9.17) is 4.42 Å². The smallest absolute Gasteiger partial charge is 0.408 e. The molecule has 32 heavy (non-hydrogen) atoms. The number of thiophene rings is 1. The average molecular weight is 478 g/mol. The molecule has 0 saturated carbocycles. The van der Waals surface area contributed by atoms with E-state index in [0.717, 1.165) is 11.3 Å². The third kappa shape index (κ3) is 4.82. The van der Waals surface area contributed by atoms with Crippen LogP contribution in [0.2, 0.25) is 0 Å². The Morgan fingerprint density at radius 2 is 2.03 bits per heavy atom. The zero-order valence-electron chi connectivity index (χ0n) is 18.0. The Labute approximate surface area is 190 Å². The summed E-state index contributed by atoms with van der Waals surface area (Å²) in [6.45, 7) is 3.74. The van der Waals surface area contributed by atoms with Gasteiger partial charge in [0.2, 0.25) is 15.9 Å². The van der Waals surface area contributed by atoms with E-state index in [9.17, 15) is 18.0 Å². The fourth-order valence-electron chi connectivity index (χ4n) is 4.08. The van der Waals surface area contributed by atoms with Gasteiger partial charge in [-0.15, -0.1) is 11.3 Å². The predicted octanol–water partition coefficient (Wildman–Crippen LogP) is 3.17. The van der Waals surface area contributed by atoms with E-state index >= 15 is 0 Å². The Hall–Kier alpha value is -2.43. The summed E-state index contributed by atoms with van der Waals surface area (Å²) in [4.78, 5) is 25.5. The molecule has 0 spiro atoms. The van der Waals surface area contributed by atoms with Crippen molar-refractivity contribution < 1.29 is 17.6 Å². The lowest BCUT2D eigenvalue weighted by molar-refractivity contribution is -0.122. The number of fused-ring (bicyclic) bond motifs is 1. The number of piperidine rings is 1. The van der Waals surface area contributed by atoms with E-state index in [0.29, 0.717) is 51.0 Å². The van der Waals surface area contributed by atoms with Crippen LogP contribution in [0.15, 0.2) is 49.8 Å². The summed E-state index contributed by atoms with van der Waals surface area (Å²) in [6, 6.07) is 8.53. The first-order valence-corrected chi connectivity index (χ1v) is 13.1. The quantitative estimate of drug-likeness (QED) is 0.537. The summed E-state index contributed by atoms with van der Waals surface area (Å²) in [5.74, 6) is -0.320. The zero-order valence-corrected chi connectivity index (χ0v) is 19.6. The highest BCUT2D eigenvalue weighted by atomic mass is 32.2. The number of sulfonamides is 1.